The number of hydrogen-bond donors (Lipinski definition) is 1. The van der Waals surface area contributed by atoms with E-state index >= 15 is 0 Å². The van der Waals surface area contributed by atoms with Crippen molar-refractivity contribution in [3.8, 4) is 11.5 Å². The molecule has 2 aromatic rings. The first-order chi connectivity index (χ1) is 12.9. The Morgan fingerprint density at radius 1 is 1.11 bits per heavy atom. The molecule has 2 aromatic carbocycles. The maximum atomic E-state index is 14.1. The fourth-order valence-electron chi connectivity index (χ4n) is 3.17. The van der Waals surface area contributed by atoms with E-state index in [9.17, 15) is 14.0 Å². The quantitative estimate of drug-likeness (QED) is 0.843. The van der Waals surface area contributed by atoms with E-state index in [1.54, 1.807) is 25.2 Å². The van der Waals surface area contributed by atoms with Gasteiger partial charge in [0.15, 0.2) is 0 Å². The number of aromatic carboxylic acids is 1. The van der Waals surface area contributed by atoms with E-state index in [1.807, 2.05) is 12.1 Å². The second-order valence-corrected chi connectivity index (χ2v) is 6.50. The van der Waals surface area contributed by atoms with Gasteiger partial charge in [-0.05, 0) is 48.2 Å². The first-order valence-corrected chi connectivity index (χ1v) is 8.45. The summed E-state index contributed by atoms with van der Waals surface area (Å²) < 4.78 is 24.6. The Hall–Kier alpha value is -3.09. The molecule has 0 saturated carbocycles. The predicted molar refractivity (Wildman–Crippen MR) is 96.0 cm³/mol. The number of amides is 1. The normalized spacial score (nSPS) is 13.8. The highest BCUT2D eigenvalue weighted by atomic mass is 19.1. The molecule has 6 nitrogen and oxygen atoms in total. The van der Waals surface area contributed by atoms with Gasteiger partial charge in [-0.15, -0.1) is 0 Å². The molecule has 1 heterocycles. The molecule has 142 valence electrons. The Kier molecular flexibility index (Phi) is 5.30. The lowest BCUT2D eigenvalue weighted by molar-refractivity contribution is 0.0495. The number of rotatable bonds is 6. The third-order valence-corrected chi connectivity index (χ3v) is 4.63. The van der Waals surface area contributed by atoms with Crippen molar-refractivity contribution in [2.75, 3.05) is 27.3 Å². The van der Waals surface area contributed by atoms with Gasteiger partial charge in [0.05, 0.1) is 25.3 Å². The first kappa shape index (κ1) is 18.7. The molecule has 27 heavy (non-hydrogen) atoms. The molecular formula is C20H20FNO5. The molecular weight excluding hydrogens is 353 g/mol. The molecule has 7 heteroatoms. The molecule has 3 rings (SSSR count). The molecule has 1 N–H and O–H groups in total. The van der Waals surface area contributed by atoms with Crippen LogP contribution in [0.3, 0.4) is 0 Å². The van der Waals surface area contributed by atoms with Crippen LogP contribution in [0.4, 0.5) is 4.39 Å². The van der Waals surface area contributed by atoms with Gasteiger partial charge >= 0.3 is 5.97 Å². The molecule has 1 fully saturated rings. The lowest BCUT2D eigenvalue weighted by Crippen LogP contribution is -2.50. The molecule has 0 aliphatic carbocycles. The summed E-state index contributed by atoms with van der Waals surface area (Å²) in [6, 6.07) is 8.98. The summed E-state index contributed by atoms with van der Waals surface area (Å²) >= 11 is 0. The second-order valence-electron chi connectivity index (χ2n) is 6.50. The minimum Gasteiger partial charge on any atom is -0.497 e. The van der Waals surface area contributed by atoms with E-state index in [1.165, 1.54) is 12.1 Å². The molecule has 0 atom stereocenters. The van der Waals surface area contributed by atoms with Crippen molar-refractivity contribution in [1.82, 2.24) is 4.90 Å². The number of benzene rings is 2. The Bertz CT molecular complexity index is 854. The number of carboxylic acids is 1. The van der Waals surface area contributed by atoms with Crippen molar-refractivity contribution in [3.63, 3.8) is 0 Å². The Balaban J connectivity index is 1.63. The lowest BCUT2D eigenvalue weighted by atomic mass is 9.91. The van der Waals surface area contributed by atoms with Crippen molar-refractivity contribution in [2.24, 2.45) is 5.92 Å². The van der Waals surface area contributed by atoms with Crippen molar-refractivity contribution in [2.45, 2.75) is 6.42 Å². The number of hydrogen-bond acceptors (Lipinski definition) is 4. The number of likely N-dealkylation sites (tertiary alicyclic amines) is 1. The standard InChI is InChI=1S/C20H20FNO5/c1-26-15-6-12(7-16(9-15)27-2)5-13-10-22(11-13)19(23)17-4-3-14(20(24)25)8-18(17)21/h3-4,6-9,13H,5,10-11H2,1-2H3,(H,24,25). The molecule has 0 bridgehead atoms. The Morgan fingerprint density at radius 2 is 1.74 bits per heavy atom. The fraction of sp³-hybridized carbons (Fsp3) is 0.300. The molecule has 0 aromatic heterocycles. The van der Waals surface area contributed by atoms with Gasteiger partial charge in [-0.1, -0.05) is 0 Å². The predicted octanol–water partition coefficient (Wildman–Crippen LogP) is 2.86. The maximum Gasteiger partial charge on any atom is 0.335 e. The highest BCUT2D eigenvalue weighted by molar-refractivity contribution is 5.96. The Morgan fingerprint density at radius 3 is 2.26 bits per heavy atom. The summed E-state index contributed by atoms with van der Waals surface area (Å²) in [6.45, 7) is 1.02. The van der Waals surface area contributed by atoms with Crippen molar-refractivity contribution in [3.05, 3.63) is 58.9 Å². The van der Waals surface area contributed by atoms with Crippen LogP contribution in [-0.2, 0) is 6.42 Å². The van der Waals surface area contributed by atoms with Crippen molar-refractivity contribution < 1.29 is 28.6 Å². The van der Waals surface area contributed by atoms with Gasteiger partial charge in [0.2, 0.25) is 0 Å². The minimum absolute atomic E-state index is 0.110. The van der Waals surface area contributed by atoms with E-state index in [2.05, 4.69) is 0 Å². The Labute approximate surface area is 156 Å². The van der Waals surface area contributed by atoms with Gasteiger partial charge in [-0.25, -0.2) is 9.18 Å². The highest BCUT2D eigenvalue weighted by Crippen LogP contribution is 2.28. The van der Waals surface area contributed by atoms with E-state index < -0.39 is 17.7 Å². The summed E-state index contributed by atoms with van der Waals surface area (Å²) in [7, 11) is 3.18. The summed E-state index contributed by atoms with van der Waals surface area (Å²) in [5, 5.41) is 8.88. The monoisotopic (exact) mass is 373 g/mol. The van der Waals surface area contributed by atoms with E-state index in [0.717, 1.165) is 18.1 Å². The van der Waals surface area contributed by atoms with E-state index in [4.69, 9.17) is 14.6 Å². The zero-order chi connectivity index (χ0) is 19.6. The van der Waals surface area contributed by atoms with Gasteiger partial charge in [0.25, 0.3) is 5.91 Å². The number of carboxylic acid groups (broad SMARTS) is 1. The number of halogens is 1. The van der Waals surface area contributed by atoms with Crippen molar-refractivity contribution >= 4 is 11.9 Å². The number of carbonyl (C=O) groups excluding carboxylic acids is 1. The van der Waals surface area contributed by atoms with Crippen LogP contribution >= 0.6 is 0 Å². The molecule has 0 unspecified atom stereocenters. The van der Waals surface area contributed by atoms with Crippen LogP contribution in [0.2, 0.25) is 0 Å². The van der Waals surface area contributed by atoms with Crippen LogP contribution in [-0.4, -0.2) is 49.2 Å². The van der Waals surface area contributed by atoms with Gasteiger partial charge in [0, 0.05) is 19.2 Å². The van der Waals surface area contributed by atoms with Gasteiger partial charge in [0.1, 0.15) is 17.3 Å². The first-order valence-electron chi connectivity index (χ1n) is 8.45. The zero-order valence-electron chi connectivity index (χ0n) is 15.1. The lowest BCUT2D eigenvalue weighted by Gasteiger charge is -2.39. The van der Waals surface area contributed by atoms with Crippen LogP contribution in [0.25, 0.3) is 0 Å². The minimum atomic E-state index is -1.23. The molecule has 1 aliphatic heterocycles. The molecule has 1 saturated heterocycles. The third kappa shape index (κ3) is 4.02. The van der Waals surface area contributed by atoms with Gasteiger partial charge in [-0.2, -0.15) is 0 Å². The number of methoxy groups -OCH3 is 2. The topological polar surface area (TPSA) is 76.1 Å². The number of carbonyl (C=O) groups is 2. The fourth-order valence-corrected chi connectivity index (χ4v) is 3.17. The molecule has 0 spiro atoms. The number of ether oxygens (including phenoxy) is 2. The van der Waals surface area contributed by atoms with E-state index in [-0.39, 0.29) is 17.0 Å². The van der Waals surface area contributed by atoms with E-state index in [0.29, 0.717) is 24.6 Å². The average Bonchev–Trinajstić information content (AvgIpc) is 2.63. The summed E-state index contributed by atoms with van der Waals surface area (Å²) in [5.41, 5.74) is 0.749. The van der Waals surface area contributed by atoms with Crippen LogP contribution in [0, 0.1) is 11.7 Å². The van der Waals surface area contributed by atoms with Gasteiger partial charge in [-0.3, -0.25) is 4.79 Å². The number of nitrogens with zero attached hydrogens (tertiary/aromatic N) is 1. The van der Waals surface area contributed by atoms with Crippen LogP contribution in [0.5, 0.6) is 11.5 Å². The maximum absolute atomic E-state index is 14.1. The largest absolute Gasteiger partial charge is 0.497 e. The van der Waals surface area contributed by atoms with Gasteiger partial charge < -0.3 is 19.5 Å². The molecule has 0 radical (unpaired) electrons. The summed E-state index contributed by atoms with van der Waals surface area (Å²) in [4.78, 5) is 24.8. The summed E-state index contributed by atoms with van der Waals surface area (Å²) in [6.07, 6.45) is 0.748. The smallest absolute Gasteiger partial charge is 0.335 e. The summed E-state index contributed by atoms with van der Waals surface area (Å²) in [5.74, 6) is -0.808. The molecule has 1 amide bonds. The third-order valence-electron chi connectivity index (χ3n) is 4.63. The van der Waals surface area contributed by atoms with Crippen LogP contribution in [0.15, 0.2) is 36.4 Å². The van der Waals surface area contributed by atoms with Crippen LogP contribution < -0.4 is 9.47 Å². The van der Waals surface area contributed by atoms with Crippen molar-refractivity contribution in [1.29, 1.82) is 0 Å². The highest BCUT2D eigenvalue weighted by Gasteiger charge is 2.32. The SMILES string of the molecule is COc1cc(CC2CN(C(=O)c3ccc(C(=O)O)cc3F)C2)cc(OC)c1. The van der Waals surface area contributed by atoms with Crippen LogP contribution in [0.1, 0.15) is 26.3 Å². The zero-order valence-corrected chi connectivity index (χ0v) is 15.1. The average molecular weight is 373 g/mol. The second kappa shape index (κ2) is 7.65. The molecule has 1 aliphatic rings.